The van der Waals surface area contributed by atoms with Crippen molar-refractivity contribution in [3.63, 3.8) is 0 Å². The number of thiophene rings is 1. The molecule has 35 heavy (non-hydrogen) atoms. The number of rotatable bonds is 6. The lowest BCUT2D eigenvalue weighted by atomic mass is 10.1. The molecule has 4 aromatic rings. The second kappa shape index (κ2) is 8.70. The highest BCUT2D eigenvalue weighted by Gasteiger charge is 2.33. The number of H-pyrrole nitrogens is 1. The van der Waals surface area contributed by atoms with Crippen LogP contribution in [0.5, 0.6) is 11.5 Å². The molecule has 182 valence electrons. The molecule has 1 aliphatic rings. The average molecular weight is 523 g/mol. The Morgan fingerprint density at radius 3 is 2.49 bits per heavy atom. The van der Waals surface area contributed by atoms with E-state index >= 15 is 0 Å². The van der Waals surface area contributed by atoms with Gasteiger partial charge in [0, 0.05) is 35.0 Å². The van der Waals surface area contributed by atoms with Crippen LogP contribution in [0.2, 0.25) is 0 Å². The number of nitrogens with zero attached hydrogens (tertiary/aromatic N) is 1. The van der Waals surface area contributed by atoms with E-state index in [0.717, 1.165) is 22.5 Å². The smallest absolute Gasteiger partial charge is 0.416 e. The second-order valence-electron chi connectivity index (χ2n) is 7.79. The Balaban J connectivity index is 1.56. The lowest BCUT2D eigenvalue weighted by Gasteiger charge is -2.22. The predicted octanol–water partition coefficient (Wildman–Crippen LogP) is 4.73. The standard InChI is InChI=1S/C23H17F3N2O5S2/c24-23(25,26)16-3-1-5-18(9-16)35(30,31)28(12-17-4-2-6-34-17)11-15-7-14-8-20-21(33-13-32-20)10-19(14)27-22(15)29/h1-10H,11-13H2,(H,27,29). The molecule has 1 aliphatic heterocycles. The van der Waals surface area contributed by atoms with Crippen molar-refractivity contribution in [3.05, 3.63) is 86.3 Å². The first-order chi connectivity index (χ1) is 16.6. The van der Waals surface area contributed by atoms with Gasteiger partial charge in [-0.1, -0.05) is 12.1 Å². The van der Waals surface area contributed by atoms with Crippen molar-refractivity contribution in [2.75, 3.05) is 6.79 Å². The fourth-order valence-corrected chi connectivity index (χ4v) is 5.98. The van der Waals surface area contributed by atoms with Gasteiger partial charge in [-0.2, -0.15) is 17.5 Å². The Morgan fingerprint density at radius 1 is 1.00 bits per heavy atom. The van der Waals surface area contributed by atoms with Crippen molar-refractivity contribution in [2.45, 2.75) is 24.2 Å². The normalized spacial score (nSPS) is 13.6. The molecular weight excluding hydrogens is 505 g/mol. The van der Waals surface area contributed by atoms with Gasteiger partial charge in [0.1, 0.15) is 0 Å². The van der Waals surface area contributed by atoms with Gasteiger partial charge < -0.3 is 14.5 Å². The molecule has 3 heterocycles. The van der Waals surface area contributed by atoms with E-state index in [4.69, 9.17) is 9.47 Å². The number of hydrogen-bond acceptors (Lipinski definition) is 6. The SMILES string of the molecule is O=c1[nH]c2cc3c(cc2cc1CN(Cc1cccs1)S(=O)(=O)c1cccc(C(F)(F)F)c1)OCO3. The zero-order valence-electron chi connectivity index (χ0n) is 17.8. The summed E-state index contributed by atoms with van der Waals surface area (Å²) in [5.74, 6) is 0.967. The Kier molecular flexibility index (Phi) is 5.82. The van der Waals surface area contributed by atoms with Crippen molar-refractivity contribution in [1.82, 2.24) is 9.29 Å². The molecule has 7 nitrogen and oxygen atoms in total. The van der Waals surface area contributed by atoms with E-state index in [2.05, 4.69) is 4.98 Å². The molecule has 0 spiro atoms. The maximum Gasteiger partial charge on any atom is 0.416 e. The van der Waals surface area contributed by atoms with Crippen LogP contribution in [0.1, 0.15) is 16.0 Å². The lowest BCUT2D eigenvalue weighted by molar-refractivity contribution is -0.137. The quantitative estimate of drug-likeness (QED) is 0.396. The van der Waals surface area contributed by atoms with Crippen LogP contribution in [0.4, 0.5) is 13.2 Å². The topological polar surface area (TPSA) is 88.7 Å². The molecule has 0 fully saturated rings. The molecule has 2 aromatic heterocycles. The van der Waals surface area contributed by atoms with E-state index in [0.29, 0.717) is 33.3 Å². The maximum atomic E-state index is 13.5. The zero-order valence-corrected chi connectivity index (χ0v) is 19.5. The molecule has 0 radical (unpaired) electrons. The van der Waals surface area contributed by atoms with E-state index in [-0.39, 0.29) is 25.4 Å². The van der Waals surface area contributed by atoms with Crippen LogP contribution >= 0.6 is 11.3 Å². The van der Waals surface area contributed by atoms with Crippen LogP contribution in [0.15, 0.2) is 69.7 Å². The first-order valence-electron chi connectivity index (χ1n) is 10.3. The highest BCUT2D eigenvalue weighted by atomic mass is 32.2. The van der Waals surface area contributed by atoms with Crippen LogP contribution < -0.4 is 15.0 Å². The summed E-state index contributed by atoms with van der Waals surface area (Å²) in [6, 6.07) is 11.8. The minimum atomic E-state index is -4.70. The van der Waals surface area contributed by atoms with Crippen molar-refractivity contribution >= 4 is 32.3 Å². The van der Waals surface area contributed by atoms with Crippen molar-refractivity contribution < 1.29 is 31.1 Å². The number of fused-ring (bicyclic) bond motifs is 2. The molecule has 0 amide bonds. The van der Waals surface area contributed by atoms with Gasteiger partial charge in [-0.15, -0.1) is 11.3 Å². The van der Waals surface area contributed by atoms with Gasteiger partial charge in [0.2, 0.25) is 16.8 Å². The van der Waals surface area contributed by atoms with Crippen molar-refractivity contribution in [2.24, 2.45) is 0 Å². The largest absolute Gasteiger partial charge is 0.454 e. The minimum Gasteiger partial charge on any atom is -0.454 e. The zero-order chi connectivity index (χ0) is 24.8. The molecule has 1 N–H and O–H groups in total. The van der Waals surface area contributed by atoms with E-state index in [1.165, 1.54) is 11.3 Å². The third-order valence-electron chi connectivity index (χ3n) is 5.47. The first-order valence-corrected chi connectivity index (χ1v) is 12.6. The van der Waals surface area contributed by atoms with Crippen molar-refractivity contribution in [1.29, 1.82) is 0 Å². The molecule has 0 unspecified atom stereocenters. The molecular formula is C23H17F3N2O5S2. The third-order valence-corrected chi connectivity index (χ3v) is 8.12. The molecule has 0 atom stereocenters. The van der Waals surface area contributed by atoms with E-state index in [9.17, 15) is 26.4 Å². The average Bonchev–Trinajstić information content (AvgIpc) is 3.49. The predicted molar refractivity (Wildman–Crippen MR) is 123 cm³/mol. The summed E-state index contributed by atoms with van der Waals surface area (Å²) in [4.78, 5) is 15.7. The van der Waals surface area contributed by atoms with Gasteiger partial charge in [-0.3, -0.25) is 4.79 Å². The summed E-state index contributed by atoms with van der Waals surface area (Å²) >= 11 is 1.30. The molecule has 2 aromatic carbocycles. The number of pyridine rings is 1. The minimum absolute atomic E-state index is 0.0482. The fraction of sp³-hybridized carbons (Fsp3) is 0.174. The van der Waals surface area contributed by atoms with Gasteiger partial charge in [-0.05, 0) is 41.8 Å². The van der Waals surface area contributed by atoms with E-state index in [1.54, 1.807) is 35.7 Å². The summed E-state index contributed by atoms with van der Waals surface area (Å²) in [6.07, 6.45) is -4.70. The van der Waals surface area contributed by atoms with Crippen LogP contribution in [0.3, 0.4) is 0 Å². The second-order valence-corrected chi connectivity index (χ2v) is 10.8. The number of aromatic nitrogens is 1. The van der Waals surface area contributed by atoms with Crippen LogP contribution in [-0.4, -0.2) is 24.5 Å². The highest BCUT2D eigenvalue weighted by molar-refractivity contribution is 7.89. The number of ether oxygens (including phenoxy) is 2. The summed E-state index contributed by atoms with van der Waals surface area (Å²) in [5, 5.41) is 2.35. The maximum absolute atomic E-state index is 13.5. The molecule has 0 saturated carbocycles. The van der Waals surface area contributed by atoms with Crippen LogP contribution in [0, 0.1) is 0 Å². The van der Waals surface area contributed by atoms with Gasteiger partial charge >= 0.3 is 6.18 Å². The lowest BCUT2D eigenvalue weighted by Crippen LogP contribution is -2.32. The van der Waals surface area contributed by atoms with E-state index in [1.807, 2.05) is 0 Å². The summed E-state index contributed by atoms with van der Waals surface area (Å²) in [7, 11) is -4.40. The number of hydrogen-bond donors (Lipinski definition) is 1. The Labute approximate surface area is 201 Å². The Morgan fingerprint density at radius 2 is 1.77 bits per heavy atom. The monoisotopic (exact) mass is 522 g/mol. The number of halogens is 3. The molecule has 0 bridgehead atoms. The Hall–Kier alpha value is -3.35. The van der Waals surface area contributed by atoms with Gasteiger partial charge in [0.25, 0.3) is 5.56 Å². The molecule has 0 saturated heterocycles. The van der Waals surface area contributed by atoms with E-state index < -0.39 is 32.2 Å². The first kappa shape index (κ1) is 23.4. The number of nitrogens with one attached hydrogen (secondary N) is 1. The third kappa shape index (κ3) is 4.64. The number of benzene rings is 2. The summed E-state index contributed by atoms with van der Waals surface area (Å²) in [6.45, 7) is -0.419. The van der Waals surface area contributed by atoms with Gasteiger partial charge in [-0.25, -0.2) is 8.42 Å². The molecule has 5 rings (SSSR count). The molecule has 0 aliphatic carbocycles. The number of alkyl halides is 3. The number of sulfonamides is 1. The number of aromatic amines is 1. The highest BCUT2D eigenvalue weighted by Crippen LogP contribution is 2.36. The molecule has 12 heteroatoms. The summed E-state index contributed by atoms with van der Waals surface area (Å²) < 4.78 is 78.4. The van der Waals surface area contributed by atoms with Gasteiger partial charge in [0.15, 0.2) is 11.5 Å². The van der Waals surface area contributed by atoms with Crippen LogP contribution in [-0.2, 0) is 29.3 Å². The van der Waals surface area contributed by atoms with Crippen LogP contribution in [0.25, 0.3) is 10.9 Å². The summed E-state index contributed by atoms with van der Waals surface area (Å²) in [5.41, 5.74) is -0.988. The Bertz CT molecular complexity index is 1560. The van der Waals surface area contributed by atoms with Gasteiger partial charge in [0.05, 0.1) is 16.0 Å². The fourth-order valence-electron chi connectivity index (χ4n) is 3.73. The van der Waals surface area contributed by atoms with Crippen molar-refractivity contribution in [3.8, 4) is 11.5 Å².